The van der Waals surface area contributed by atoms with E-state index in [1.807, 2.05) is 58.3 Å². The molecule has 4 aromatic rings. The highest BCUT2D eigenvalue weighted by molar-refractivity contribution is 9.08. The van der Waals surface area contributed by atoms with Gasteiger partial charge < -0.3 is 73.8 Å². The summed E-state index contributed by atoms with van der Waals surface area (Å²) in [7, 11) is 4.30. The molecular weight excluding hydrogens is 1270 g/mol. The van der Waals surface area contributed by atoms with E-state index in [9.17, 15) is 28.8 Å². The standard InChI is InChI=1S/C33H45FN6O6.C28H34BrFN4O6.C5H12N2/c1-33(2,3)46-31(42)35-20-27-22-40(32(43)45-27)25-7-10-29(28(34)19-25)38-15-17-39(18-16-38)30(41)23-44-26-8-5-24(6-9-26)21-37-13-11-36(4)12-14-37;1-28(2,3)40-26(36)31-16-22-17-34(27(37)39-22)20-6-9-24(23(30)14-20)32-10-12-33(13-11-32)25(35)18-38-21-7-4-19(15-29)5-8-21;1-7-4-2-6-3-5-7/h5-10,19,27H,11-18,20-23H2,1-4H3,(H,35,42);4-9,14,22H,10-13,15-18H2,1-3H3,(H,31,36);6H,2-5H2,1H3/t27-;22-;/m00./s1. The fourth-order valence-corrected chi connectivity index (χ4v) is 11.2. The predicted molar refractivity (Wildman–Crippen MR) is 354 cm³/mol. The van der Waals surface area contributed by atoms with Gasteiger partial charge >= 0.3 is 24.4 Å². The van der Waals surface area contributed by atoms with Gasteiger partial charge in [0.25, 0.3) is 11.8 Å². The maximum absolute atomic E-state index is 15.3. The van der Waals surface area contributed by atoms with Gasteiger partial charge in [0, 0.05) is 117 Å². The number of anilines is 4. The van der Waals surface area contributed by atoms with E-state index in [-0.39, 0.29) is 51.2 Å². The van der Waals surface area contributed by atoms with Gasteiger partial charge in [-0.2, -0.15) is 0 Å². The summed E-state index contributed by atoms with van der Waals surface area (Å²) in [5.41, 5.74) is 2.58. The van der Waals surface area contributed by atoms with E-state index in [4.69, 9.17) is 28.4 Å². The maximum atomic E-state index is 15.3. The van der Waals surface area contributed by atoms with Gasteiger partial charge in [0.05, 0.1) is 48.9 Å². The van der Waals surface area contributed by atoms with Crippen LogP contribution in [0.5, 0.6) is 11.5 Å². The molecule has 93 heavy (non-hydrogen) atoms. The van der Waals surface area contributed by atoms with Gasteiger partial charge in [0.2, 0.25) is 0 Å². The molecule has 4 aromatic carbocycles. The zero-order valence-corrected chi connectivity index (χ0v) is 56.4. The van der Waals surface area contributed by atoms with Gasteiger partial charge in [-0.15, -0.1) is 0 Å². The number of alkyl halides is 1. The van der Waals surface area contributed by atoms with Crippen molar-refractivity contribution in [2.24, 2.45) is 0 Å². The lowest BCUT2D eigenvalue weighted by Gasteiger charge is -2.36. The van der Waals surface area contributed by atoms with Crippen molar-refractivity contribution < 1.29 is 66.0 Å². The molecule has 2 atom stereocenters. The summed E-state index contributed by atoms with van der Waals surface area (Å²) in [6.07, 6.45) is -3.62. The Balaban J connectivity index is 0.000000217. The number of halogens is 3. The molecule has 6 aliphatic heterocycles. The monoisotopic (exact) mass is 1360 g/mol. The lowest BCUT2D eigenvalue weighted by molar-refractivity contribution is -0.134. The van der Waals surface area contributed by atoms with Gasteiger partial charge in [0.1, 0.15) is 46.5 Å². The molecule has 0 aromatic heterocycles. The van der Waals surface area contributed by atoms with E-state index in [0.717, 1.165) is 56.7 Å². The summed E-state index contributed by atoms with van der Waals surface area (Å²) in [5.74, 6) is 0.106. The lowest BCUT2D eigenvalue weighted by atomic mass is 10.2. The number of carbonyl (C=O) groups is 6. The van der Waals surface area contributed by atoms with E-state index in [0.29, 0.717) is 86.6 Å². The minimum atomic E-state index is -0.642. The summed E-state index contributed by atoms with van der Waals surface area (Å²) in [6, 6.07) is 24.6. The summed E-state index contributed by atoms with van der Waals surface area (Å²) < 4.78 is 62.9. The van der Waals surface area contributed by atoms with Crippen LogP contribution in [0.3, 0.4) is 0 Å². The second-order valence-electron chi connectivity index (χ2n) is 25.6. The first-order chi connectivity index (χ1) is 44.3. The molecule has 6 saturated heterocycles. The number of ether oxygens (including phenoxy) is 6. The third kappa shape index (κ3) is 22.2. The first-order valence-electron chi connectivity index (χ1n) is 31.7. The average molecular weight is 1360 g/mol. The number of benzene rings is 4. The molecule has 24 nitrogen and oxygen atoms in total. The Hall–Kier alpha value is -7.72. The Morgan fingerprint density at radius 2 is 0.946 bits per heavy atom. The van der Waals surface area contributed by atoms with E-state index in [1.165, 1.54) is 40.6 Å². The van der Waals surface area contributed by atoms with Crippen molar-refractivity contribution >= 4 is 74.9 Å². The van der Waals surface area contributed by atoms with Crippen LogP contribution < -0.4 is 45.0 Å². The van der Waals surface area contributed by atoms with Gasteiger partial charge in [0.15, 0.2) is 13.2 Å². The fourth-order valence-electron chi connectivity index (χ4n) is 10.8. The molecule has 6 fully saturated rings. The second-order valence-corrected chi connectivity index (χ2v) is 26.2. The van der Waals surface area contributed by atoms with E-state index < -0.39 is 59.4 Å². The molecule has 0 aliphatic carbocycles. The number of hydrogen-bond acceptors (Lipinski definition) is 18. The number of likely N-dealkylation sites (N-methyl/N-ethyl adjacent to an activating group) is 2. The van der Waals surface area contributed by atoms with Crippen molar-refractivity contribution in [1.82, 2.24) is 40.4 Å². The van der Waals surface area contributed by atoms with Crippen molar-refractivity contribution in [2.75, 3.05) is 178 Å². The Morgan fingerprint density at radius 3 is 1.31 bits per heavy atom. The molecule has 0 radical (unpaired) electrons. The van der Waals surface area contributed by atoms with Crippen molar-refractivity contribution in [1.29, 1.82) is 0 Å². The van der Waals surface area contributed by atoms with Gasteiger partial charge in [-0.1, -0.05) is 40.2 Å². The molecule has 0 saturated carbocycles. The van der Waals surface area contributed by atoms with Crippen LogP contribution in [0, 0.1) is 11.6 Å². The summed E-state index contributed by atoms with van der Waals surface area (Å²) in [6.45, 7) is 24.5. The molecule has 27 heteroatoms. The first kappa shape index (κ1) is 71.1. The van der Waals surface area contributed by atoms with Crippen molar-refractivity contribution in [3.05, 3.63) is 108 Å². The average Bonchev–Trinajstić information content (AvgIpc) is 1.82. The number of piperazine rings is 4. The van der Waals surface area contributed by atoms with Crippen LogP contribution in [0.4, 0.5) is 50.7 Å². The minimum absolute atomic E-state index is 0.0545. The van der Waals surface area contributed by atoms with Crippen LogP contribution in [-0.4, -0.2) is 242 Å². The molecule has 6 aliphatic rings. The number of nitrogens with zero attached hydrogens (tertiary/aromatic N) is 9. The molecule has 3 N–H and O–H groups in total. The number of nitrogens with one attached hydrogen (secondary N) is 3. The Bertz CT molecular complexity index is 3130. The van der Waals surface area contributed by atoms with Crippen LogP contribution in [-0.2, 0) is 40.4 Å². The molecule has 10 rings (SSSR count). The van der Waals surface area contributed by atoms with E-state index in [1.54, 1.807) is 75.6 Å². The number of cyclic esters (lactones) is 2. The summed E-state index contributed by atoms with van der Waals surface area (Å²) in [4.78, 5) is 91.1. The topological polar surface area (TPSA) is 223 Å². The van der Waals surface area contributed by atoms with Crippen molar-refractivity contribution in [3.8, 4) is 11.5 Å². The summed E-state index contributed by atoms with van der Waals surface area (Å²) in [5, 5.41) is 9.21. The van der Waals surface area contributed by atoms with Crippen LogP contribution in [0.1, 0.15) is 52.7 Å². The molecule has 0 unspecified atom stereocenters. The third-order valence-electron chi connectivity index (χ3n) is 16.0. The van der Waals surface area contributed by atoms with Crippen LogP contribution in [0.2, 0.25) is 0 Å². The Kier molecular flexibility index (Phi) is 25.6. The normalized spacial score (nSPS) is 19.1. The largest absolute Gasteiger partial charge is 0.484 e. The number of hydrogen-bond donors (Lipinski definition) is 3. The number of carbonyl (C=O) groups excluding carboxylic acids is 6. The van der Waals surface area contributed by atoms with Crippen LogP contribution in [0.15, 0.2) is 84.9 Å². The quantitative estimate of drug-likeness (QED) is 0.0717. The Labute approximate surface area is 552 Å². The molecule has 508 valence electrons. The second kappa shape index (κ2) is 33.4. The van der Waals surface area contributed by atoms with Crippen LogP contribution in [0.25, 0.3) is 0 Å². The molecule has 6 heterocycles. The highest BCUT2D eigenvalue weighted by Gasteiger charge is 2.36. The third-order valence-corrected chi connectivity index (χ3v) is 16.6. The smallest absolute Gasteiger partial charge is 0.414 e. The number of rotatable bonds is 17. The Morgan fingerprint density at radius 1 is 0.548 bits per heavy atom. The lowest BCUT2D eigenvalue weighted by Crippen LogP contribution is -2.50. The fraction of sp³-hybridized carbons (Fsp3) is 0.545. The predicted octanol–water partition coefficient (Wildman–Crippen LogP) is 6.97. The van der Waals surface area contributed by atoms with Gasteiger partial charge in [-0.05, 0) is 127 Å². The molecule has 6 amide bonds. The zero-order chi connectivity index (χ0) is 66.8. The molecular formula is C66H91BrF2N12O12. The SMILES string of the molecule is CC(C)(C)OC(=O)NC[C@H]1CN(c2ccc(N3CCN(C(=O)COc4ccc(CBr)cc4)CC3)c(F)c2)C(=O)O1.CN1CCN(Cc2ccc(OCC(=O)N3CCN(c4ccc(N5C[C@H](CNC(=O)OC(C)(C)C)OC5=O)cc4F)CC3)cc2)CC1.CN1CCNCC1. The van der Waals surface area contributed by atoms with E-state index in [2.05, 4.69) is 60.7 Å². The molecule has 0 spiro atoms. The first-order valence-corrected chi connectivity index (χ1v) is 32.8. The minimum Gasteiger partial charge on any atom is -0.484 e. The number of alkyl carbamates (subject to hydrolysis) is 2. The van der Waals surface area contributed by atoms with Crippen molar-refractivity contribution in [2.45, 2.75) is 76.8 Å². The van der Waals surface area contributed by atoms with Crippen molar-refractivity contribution in [3.63, 3.8) is 0 Å². The van der Waals surface area contributed by atoms with Crippen LogP contribution >= 0.6 is 15.9 Å². The van der Waals surface area contributed by atoms with Gasteiger partial charge in [-0.3, -0.25) is 24.3 Å². The molecule has 0 bridgehead atoms. The highest BCUT2D eigenvalue weighted by Crippen LogP contribution is 2.31. The summed E-state index contributed by atoms with van der Waals surface area (Å²) >= 11 is 3.40. The highest BCUT2D eigenvalue weighted by atomic mass is 79.9. The maximum Gasteiger partial charge on any atom is 0.414 e. The zero-order valence-electron chi connectivity index (χ0n) is 54.8. The van der Waals surface area contributed by atoms with E-state index >= 15 is 8.78 Å². The van der Waals surface area contributed by atoms with Gasteiger partial charge in [-0.25, -0.2) is 28.0 Å². The number of amides is 6.